The van der Waals surface area contributed by atoms with Crippen LogP contribution in [0.25, 0.3) is 0 Å². The third-order valence-corrected chi connectivity index (χ3v) is 3.39. The van der Waals surface area contributed by atoms with Gasteiger partial charge in [-0.25, -0.2) is 8.42 Å². The number of nitrogens with one attached hydrogen (secondary N) is 1. The van der Waals surface area contributed by atoms with E-state index in [0.29, 0.717) is 5.56 Å². The molecule has 0 amide bonds. The second-order valence-electron chi connectivity index (χ2n) is 3.47. The van der Waals surface area contributed by atoms with Gasteiger partial charge in [-0.2, -0.15) is 0 Å². The van der Waals surface area contributed by atoms with E-state index in [1.165, 1.54) is 18.2 Å². The summed E-state index contributed by atoms with van der Waals surface area (Å²) in [5.41, 5.74) is 5.65. The Bertz CT molecular complexity index is 527. The zero-order valence-electron chi connectivity index (χ0n) is 9.21. The Balaban J connectivity index is 3.02. The van der Waals surface area contributed by atoms with Gasteiger partial charge in [0.15, 0.2) is 0 Å². The Morgan fingerprint density at radius 2 is 2.12 bits per heavy atom. The second kappa shape index (κ2) is 5.11. The van der Waals surface area contributed by atoms with Crippen LogP contribution in [0.1, 0.15) is 5.56 Å². The summed E-state index contributed by atoms with van der Waals surface area (Å²) in [7, 11) is -3.54. The van der Waals surface area contributed by atoms with Crippen LogP contribution in [-0.4, -0.2) is 25.6 Å². The third-order valence-electron chi connectivity index (χ3n) is 2.07. The molecule has 0 aliphatic carbocycles. The van der Waals surface area contributed by atoms with Gasteiger partial charge in [-0.05, 0) is 13.0 Å². The fourth-order valence-corrected chi connectivity index (χ4v) is 2.15. The van der Waals surface area contributed by atoms with E-state index in [-0.39, 0.29) is 23.7 Å². The van der Waals surface area contributed by atoms with Crippen molar-refractivity contribution in [2.75, 3.05) is 17.0 Å². The highest BCUT2D eigenvalue weighted by Crippen LogP contribution is 2.22. The summed E-state index contributed by atoms with van der Waals surface area (Å²) in [4.78, 5) is 10.1. The van der Waals surface area contributed by atoms with E-state index < -0.39 is 14.9 Å². The largest absolute Gasteiger partial charge is 0.329 e. The van der Waals surface area contributed by atoms with Gasteiger partial charge in [-0.15, -0.1) is 0 Å². The van der Waals surface area contributed by atoms with E-state index in [1.54, 1.807) is 6.92 Å². The first-order valence-corrected chi connectivity index (χ1v) is 6.46. The molecule has 0 fully saturated rings. The van der Waals surface area contributed by atoms with E-state index in [2.05, 4.69) is 4.72 Å². The van der Waals surface area contributed by atoms with Crippen molar-refractivity contribution in [1.29, 1.82) is 0 Å². The minimum atomic E-state index is -3.54. The van der Waals surface area contributed by atoms with E-state index in [0.717, 1.165) is 0 Å². The number of nitrogens with two attached hydrogens (primary N) is 1. The van der Waals surface area contributed by atoms with E-state index >= 15 is 0 Å². The highest BCUT2D eigenvalue weighted by Gasteiger charge is 2.14. The first kappa shape index (κ1) is 13.4. The van der Waals surface area contributed by atoms with Crippen molar-refractivity contribution in [3.05, 3.63) is 33.9 Å². The van der Waals surface area contributed by atoms with Crippen molar-refractivity contribution in [2.24, 2.45) is 5.73 Å². The normalized spacial score (nSPS) is 11.2. The molecule has 0 spiro atoms. The van der Waals surface area contributed by atoms with E-state index in [4.69, 9.17) is 5.73 Å². The topological polar surface area (TPSA) is 115 Å². The van der Waals surface area contributed by atoms with Crippen molar-refractivity contribution < 1.29 is 13.3 Å². The number of benzene rings is 1. The van der Waals surface area contributed by atoms with Crippen LogP contribution in [0.5, 0.6) is 0 Å². The smallest absolute Gasteiger partial charge is 0.274 e. The molecule has 3 N–H and O–H groups in total. The number of hydrogen-bond donors (Lipinski definition) is 2. The van der Waals surface area contributed by atoms with Crippen molar-refractivity contribution in [1.82, 2.24) is 0 Å². The molecule has 0 atom stereocenters. The summed E-state index contributed by atoms with van der Waals surface area (Å²) in [5.74, 6) is -0.228. The molecule has 8 heteroatoms. The van der Waals surface area contributed by atoms with Crippen LogP contribution in [0.4, 0.5) is 11.4 Å². The third kappa shape index (κ3) is 3.68. The quantitative estimate of drug-likeness (QED) is 0.593. The Morgan fingerprint density at radius 1 is 1.47 bits per heavy atom. The summed E-state index contributed by atoms with van der Waals surface area (Å²) in [5, 5.41) is 10.7. The van der Waals surface area contributed by atoms with Gasteiger partial charge in [0.25, 0.3) is 5.69 Å². The minimum absolute atomic E-state index is 0.0106. The van der Waals surface area contributed by atoms with Crippen LogP contribution >= 0.6 is 0 Å². The standard InChI is InChI=1S/C9H13N3O4S/c1-7-2-3-8(6-9(7)12(13)14)11-17(15,16)5-4-10/h2-3,6,11H,4-5,10H2,1H3. The number of nitro groups is 1. The Labute approximate surface area is 98.8 Å². The maximum Gasteiger partial charge on any atom is 0.274 e. The zero-order chi connectivity index (χ0) is 13.1. The number of rotatable bonds is 5. The van der Waals surface area contributed by atoms with Crippen LogP contribution < -0.4 is 10.5 Å². The summed E-state index contributed by atoms with van der Waals surface area (Å²) in [6.07, 6.45) is 0. The Kier molecular flexibility index (Phi) is 4.02. The monoisotopic (exact) mass is 259 g/mol. The van der Waals surface area contributed by atoms with Gasteiger partial charge in [0.2, 0.25) is 10.0 Å². The average Bonchev–Trinajstić information content (AvgIpc) is 2.20. The molecule has 0 unspecified atom stereocenters. The summed E-state index contributed by atoms with van der Waals surface area (Å²) < 4.78 is 25.0. The maximum atomic E-state index is 11.4. The highest BCUT2D eigenvalue weighted by molar-refractivity contribution is 7.92. The fraction of sp³-hybridized carbons (Fsp3) is 0.333. The van der Waals surface area contributed by atoms with Crippen molar-refractivity contribution in [2.45, 2.75) is 6.92 Å². The molecular weight excluding hydrogens is 246 g/mol. The van der Waals surface area contributed by atoms with Crippen LogP contribution in [0, 0.1) is 17.0 Å². The molecule has 0 saturated heterocycles. The lowest BCUT2D eigenvalue weighted by molar-refractivity contribution is -0.385. The number of nitro benzene ring substituents is 1. The predicted octanol–water partition coefficient (Wildman–Crippen LogP) is 0.604. The molecule has 94 valence electrons. The maximum absolute atomic E-state index is 11.4. The fourth-order valence-electron chi connectivity index (χ4n) is 1.26. The van der Waals surface area contributed by atoms with Crippen molar-refractivity contribution in [3.8, 4) is 0 Å². The second-order valence-corrected chi connectivity index (χ2v) is 5.31. The molecule has 0 aromatic heterocycles. The predicted molar refractivity (Wildman–Crippen MR) is 64.3 cm³/mol. The van der Waals surface area contributed by atoms with Gasteiger partial charge < -0.3 is 5.73 Å². The molecule has 1 aromatic carbocycles. The van der Waals surface area contributed by atoms with Crippen LogP contribution in [0.2, 0.25) is 0 Å². The van der Waals surface area contributed by atoms with Crippen LogP contribution in [-0.2, 0) is 10.0 Å². The van der Waals surface area contributed by atoms with Gasteiger partial charge in [0, 0.05) is 18.2 Å². The molecule has 0 heterocycles. The van der Waals surface area contributed by atoms with Crippen LogP contribution in [0.3, 0.4) is 0 Å². The van der Waals surface area contributed by atoms with Crippen molar-refractivity contribution in [3.63, 3.8) is 0 Å². The van der Waals surface area contributed by atoms with Crippen molar-refractivity contribution >= 4 is 21.4 Å². The molecular formula is C9H13N3O4S. The number of aryl methyl sites for hydroxylation is 1. The molecule has 7 nitrogen and oxygen atoms in total. The summed E-state index contributed by atoms with van der Waals surface area (Å²) in [6, 6.07) is 4.14. The summed E-state index contributed by atoms with van der Waals surface area (Å²) >= 11 is 0. The molecule has 17 heavy (non-hydrogen) atoms. The first-order valence-electron chi connectivity index (χ1n) is 4.81. The molecule has 0 radical (unpaired) electrons. The molecule has 1 rings (SSSR count). The first-order chi connectivity index (χ1) is 7.85. The molecule has 1 aromatic rings. The summed E-state index contributed by atoms with van der Waals surface area (Å²) in [6.45, 7) is 1.57. The average molecular weight is 259 g/mol. The van der Waals surface area contributed by atoms with Gasteiger partial charge >= 0.3 is 0 Å². The van der Waals surface area contributed by atoms with Gasteiger partial charge in [0.1, 0.15) is 0 Å². The number of hydrogen-bond acceptors (Lipinski definition) is 5. The Hall–Kier alpha value is -1.67. The molecule has 0 bridgehead atoms. The molecule has 0 aliphatic heterocycles. The lowest BCUT2D eigenvalue weighted by Crippen LogP contribution is -2.22. The lowest BCUT2D eigenvalue weighted by atomic mass is 10.2. The number of anilines is 1. The van der Waals surface area contributed by atoms with Crippen LogP contribution in [0.15, 0.2) is 18.2 Å². The van der Waals surface area contributed by atoms with E-state index in [1.807, 2.05) is 0 Å². The van der Waals surface area contributed by atoms with Gasteiger partial charge in [0.05, 0.1) is 16.4 Å². The Morgan fingerprint density at radius 3 is 2.65 bits per heavy atom. The number of sulfonamides is 1. The van der Waals surface area contributed by atoms with E-state index in [9.17, 15) is 18.5 Å². The SMILES string of the molecule is Cc1ccc(NS(=O)(=O)CCN)cc1[N+](=O)[O-]. The molecule has 0 aliphatic rings. The van der Waals surface area contributed by atoms with Gasteiger partial charge in [-0.1, -0.05) is 6.07 Å². The highest BCUT2D eigenvalue weighted by atomic mass is 32.2. The van der Waals surface area contributed by atoms with Gasteiger partial charge in [-0.3, -0.25) is 14.8 Å². The zero-order valence-corrected chi connectivity index (χ0v) is 10.0. The molecule has 0 saturated carbocycles. The number of nitrogens with zero attached hydrogens (tertiary/aromatic N) is 1. The lowest BCUT2D eigenvalue weighted by Gasteiger charge is -2.07. The minimum Gasteiger partial charge on any atom is -0.329 e.